The molecule has 3 rings (SSSR count). The third-order valence-corrected chi connectivity index (χ3v) is 5.51. The molecule has 0 unspecified atom stereocenters. The van der Waals surface area contributed by atoms with Crippen LogP contribution in [-0.4, -0.2) is 18.0 Å². The van der Waals surface area contributed by atoms with E-state index < -0.39 is 0 Å². The molecule has 0 spiro atoms. The number of halogens is 2. The predicted molar refractivity (Wildman–Crippen MR) is 116 cm³/mol. The van der Waals surface area contributed by atoms with Gasteiger partial charge in [0.15, 0.2) is 5.13 Å². The smallest absolute Gasteiger partial charge is 0.250 e. The highest BCUT2D eigenvalue weighted by Gasteiger charge is 2.11. The molecule has 0 aliphatic rings. The average molecular weight is 464 g/mol. The van der Waals surface area contributed by atoms with Crippen molar-refractivity contribution in [3.8, 4) is 17.0 Å². The number of ether oxygens (including phenoxy) is 1. The van der Waals surface area contributed by atoms with Crippen LogP contribution >= 0.6 is 38.9 Å². The standard InChI is InChI=1S/C20H16BrClN2O2S/c1-12-19(14-5-7-15(22)8-6-14)24-20(27-12)23-18(25)10-4-13-3-9-17(26-2)16(21)11-13/h3-11H,1-2H3,(H,23,24,25)/b10-4+. The predicted octanol–water partition coefficient (Wildman–Crippen LogP) is 6.19. The van der Waals surface area contributed by atoms with Crippen molar-refractivity contribution in [3.05, 3.63) is 68.5 Å². The Hall–Kier alpha value is -2.15. The maximum absolute atomic E-state index is 12.2. The number of hydrogen-bond acceptors (Lipinski definition) is 4. The van der Waals surface area contributed by atoms with Crippen molar-refractivity contribution in [3.63, 3.8) is 0 Å². The molecular formula is C20H16BrClN2O2S. The van der Waals surface area contributed by atoms with Crippen molar-refractivity contribution in [2.45, 2.75) is 6.92 Å². The van der Waals surface area contributed by atoms with Crippen LogP contribution in [-0.2, 0) is 4.79 Å². The largest absolute Gasteiger partial charge is 0.496 e. The Morgan fingerprint density at radius 2 is 2.00 bits per heavy atom. The highest BCUT2D eigenvalue weighted by Crippen LogP contribution is 2.31. The third-order valence-electron chi connectivity index (χ3n) is 3.75. The summed E-state index contributed by atoms with van der Waals surface area (Å²) in [5.74, 6) is 0.503. The summed E-state index contributed by atoms with van der Waals surface area (Å²) in [5, 5.41) is 4.05. The van der Waals surface area contributed by atoms with Gasteiger partial charge in [-0.05, 0) is 58.8 Å². The third kappa shape index (κ3) is 4.97. The van der Waals surface area contributed by atoms with Gasteiger partial charge in [0, 0.05) is 21.5 Å². The lowest BCUT2D eigenvalue weighted by atomic mass is 10.1. The first-order chi connectivity index (χ1) is 13.0. The number of amides is 1. The summed E-state index contributed by atoms with van der Waals surface area (Å²) < 4.78 is 6.03. The van der Waals surface area contributed by atoms with E-state index in [0.29, 0.717) is 10.2 Å². The number of rotatable bonds is 5. The van der Waals surface area contributed by atoms with Crippen LogP contribution < -0.4 is 10.1 Å². The zero-order valence-corrected chi connectivity index (χ0v) is 17.8. The van der Waals surface area contributed by atoms with E-state index in [1.807, 2.05) is 49.4 Å². The molecule has 7 heteroatoms. The quantitative estimate of drug-likeness (QED) is 0.459. The lowest BCUT2D eigenvalue weighted by Crippen LogP contribution is -2.07. The van der Waals surface area contributed by atoms with Gasteiger partial charge in [0.05, 0.1) is 17.3 Å². The molecule has 2 aromatic carbocycles. The van der Waals surface area contributed by atoms with Crippen LogP contribution in [0.25, 0.3) is 17.3 Å². The first-order valence-corrected chi connectivity index (χ1v) is 10.0. The number of benzene rings is 2. The van der Waals surface area contributed by atoms with Crippen molar-refractivity contribution >= 4 is 56.0 Å². The molecule has 0 atom stereocenters. The summed E-state index contributed by atoms with van der Waals surface area (Å²) in [4.78, 5) is 17.8. The normalized spacial score (nSPS) is 11.0. The maximum atomic E-state index is 12.2. The van der Waals surface area contributed by atoms with Gasteiger partial charge in [-0.15, -0.1) is 11.3 Å². The van der Waals surface area contributed by atoms with E-state index in [2.05, 4.69) is 26.2 Å². The summed E-state index contributed by atoms with van der Waals surface area (Å²) in [6.45, 7) is 1.97. The number of anilines is 1. The molecule has 4 nitrogen and oxygen atoms in total. The molecule has 27 heavy (non-hydrogen) atoms. The van der Waals surface area contributed by atoms with Gasteiger partial charge in [-0.1, -0.05) is 29.8 Å². The van der Waals surface area contributed by atoms with E-state index in [4.69, 9.17) is 16.3 Å². The second kappa shape index (κ2) is 8.69. The summed E-state index contributed by atoms with van der Waals surface area (Å²) in [7, 11) is 1.61. The fraction of sp³-hybridized carbons (Fsp3) is 0.100. The minimum atomic E-state index is -0.238. The van der Waals surface area contributed by atoms with Crippen LogP contribution in [0, 0.1) is 6.92 Å². The number of methoxy groups -OCH3 is 1. The van der Waals surface area contributed by atoms with Gasteiger partial charge in [0.2, 0.25) is 5.91 Å². The summed E-state index contributed by atoms with van der Waals surface area (Å²) >= 11 is 10.8. The average Bonchev–Trinajstić information content (AvgIpc) is 3.01. The maximum Gasteiger partial charge on any atom is 0.250 e. The first-order valence-electron chi connectivity index (χ1n) is 8.02. The SMILES string of the molecule is COc1ccc(/C=C/C(=O)Nc2nc(-c3ccc(Cl)cc3)c(C)s2)cc1Br. The lowest BCUT2D eigenvalue weighted by Gasteiger charge is -2.03. The summed E-state index contributed by atoms with van der Waals surface area (Å²) in [5.41, 5.74) is 2.69. The molecular weight excluding hydrogens is 448 g/mol. The molecule has 0 saturated heterocycles. The van der Waals surface area contributed by atoms with E-state index in [0.717, 1.165) is 31.9 Å². The number of nitrogens with one attached hydrogen (secondary N) is 1. The number of thiazole rings is 1. The topological polar surface area (TPSA) is 51.2 Å². The molecule has 0 aliphatic carbocycles. The molecule has 0 fully saturated rings. The molecule has 0 radical (unpaired) electrons. The van der Waals surface area contributed by atoms with Crippen molar-refractivity contribution < 1.29 is 9.53 Å². The van der Waals surface area contributed by atoms with E-state index in [1.165, 1.54) is 17.4 Å². The van der Waals surface area contributed by atoms with Gasteiger partial charge in [0.1, 0.15) is 5.75 Å². The highest BCUT2D eigenvalue weighted by molar-refractivity contribution is 9.10. The molecule has 3 aromatic rings. The fourth-order valence-electron chi connectivity index (χ4n) is 2.43. The summed E-state index contributed by atoms with van der Waals surface area (Å²) in [6, 6.07) is 13.1. The first kappa shape index (κ1) is 19.6. The number of carbonyl (C=O) groups excluding carboxylic acids is 1. The second-order valence-corrected chi connectivity index (χ2v) is 8.14. The molecule has 138 valence electrons. The van der Waals surface area contributed by atoms with Crippen LogP contribution in [0.1, 0.15) is 10.4 Å². The minimum Gasteiger partial charge on any atom is -0.496 e. The Balaban J connectivity index is 1.70. The van der Waals surface area contributed by atoms with E-state index in [9.17, 15) is 4.79 Å². The molecule has 0 aliphatic heterocycles. The van der Waals surface area contributed by atoms with E-state index in [1.54, 1.807) is 13.2 Å². The van der Waals surface area contributed by atoms with Crippen LogP contribution in [0.2, 0.25) is 5.02 Å². The van der Waals surface area contributed by atoms with Crippen molar-refractivity contribution in [1.29, 1.82) is 0 Å². The van der Waals surface area contributed by atoms with Crippen LogP contribution in [0.3, 0.4) is 0 Å². The van der Waals surface area contributed by atoms with Crippen molar-refractivity contribution in [1.82, 2.24) is 4.98 Å². The van der Waals surface area contributed by atoms with Crippen molar-refractivity contribution in [2.24, 2.45) is 0 Å². The van der Waals surface area contributed by atoms with Gasteiger partial charge >= 0.3 is 0 Å². The van der Waals surface area contributed by atoms with Crippen molar-refractivity contribution in [2.75, 3.05) is 12.4 Å². The van der Waals surface area contributed by atoms with Crippen LogP contribution in [0.4, 0.5) is 5.13 Å². The molecule has 0 bridgehead atoms. The van der Waals surface area contributed by atoms with Gasteiger partial charge < -0.3 is 4.74 Å². The van der Waals surface area contributed by atoms with Gasteiger partial charge in [-0.25, -0.2) is 4.98 Å². The van der Waals surface area contributed by atoms with Gasteiger partial charge in [-0.3, -0.25) is 10.1 Å². The molecule has 1 amide bonds. The number of hydrogen-bond donors (Lipinski definition) is 1. The fourth-order valence-corrected chi connectivity index (χ4v) is 3.95. The number of carbonyl (C=O) groups is 1. The Kier molecular flexibility index (Phi) is 6.31. The Bertz CT molecular complexity index is 1000. The monoisotopic (exact) mass is 462 g/mol. The van der Waals surface area contributed by atoms with Gasteiger partial charge in [0.25, 0.3) is 0 Å². The Morgan fingerprint density at radius 3 is 2.67 bits per heavy atom. The molecule has 0 saturated carbocycles. The Labute approximate surface area is 175 Å². The zero-order chi connectivity index (χ0) is 19.4. The lowest BCUT2D eigenvalue weighted by molar-refractivity contribution is -0.111. The van der Waals surface area contributed by atoms with Crippen LogP contribution in [0.5, 0.6) is 5.75 Å². The molecule has 1 aromatic heterocycles. The highest BCUT2D eigenvalue weighted by atomic mass is 79.9. The number of aryl methyl sites for hydroxylation is 1. The van der Waals surface area contributed by atoms with Gasteiger partial charge in [-0.2, -0.15) is 0 Å². The number of nitrogens with zero attached hydrogens (tertiary/aromatic N) is 1. The Morgan fingerprint density at radius 1 is 1.26 bits per heavy atom. The summed E-state index contributed by atoms with van der Waals surface area (Å²) in [6.07, 6.45) is 3.22. The van der Waals surface area contributed by atoms with E-state index in [-0.39, 0.29) is 5.91 Å². The molecule has 1 heterocycles. The zero-order valence-electron chi connectivity index (χ0n) is 14.6. The second-order valence-electron chi connectivity index (χ2n) is 5.65. The minimum absolute atomic E-state index is 0.238. The number of aromatic nitrogens is 1. The molecule has 1 N–H and O–H groups in total. The van der Waals surface area contributed by atoms with Crippen LogP contribution in [0.15, 0.2) is 53.0 Å². The van der Waals surface area contributed by atoms with E-state index >= 15 is 0 Å².